The third-order valence-corrected chi connectivity index (χ3v) is 7.70. The van der Waals surface area contributed by atoms with Gasteiger partial charge in [0.15, 0.2) is 0 Å². The van der Waals surface area contributed by atoms with Crippen molar-refractivity contribution in [1.82, 2.24) is 0 Å². The van der Waals surface area contributed by atoms with Crippen molar-refractivity contribution >= 4 is 28.4 Å². The number of aryl methyl sites for hydroxylation is 1. The van der Waals surface area contributed by atoms with E-state index in [1.165, 1.54) is 83.8 Å². The van der Waals surface area contributed by atoms with E-state index in [0.29, 0.717) is 0 Å². The van der Waals surface area contributed by atoms with E-state index in [2.05, 4.69) is 171 Å². The summed E-state index contributed by atoms with van der Waals surface area (Å²) in [6.45, 7) is 18.7. The molecule has 0 saturated heterocycles. The minimum absolute atomic E-state index is 0. The number of hydrogen-bond donors (Lipinski definition) is 0. The second kappa shape index (κ2) is 15.3. The quantitative estimate of drug-likeness (QED) is 0.128. The van der Waals surface area contributed by atoms with Crippen molar-refractivity contribution in [2.24, 2.45) is 0 Å². The summed E-state index contributed by atoms with van der Waals surface area (Å²) in [4.78, 5) is 0. The summed E-state index contributed by atoms with van der Waals surface area (Å²) in [5.74, 6) is 0. The number of rotatable bonds is 2. The number of benzene rings is 4. The van der Waals surface area contributed by atoms with Gasteiger partial charge in [0.1, 0.15) is 0 Å². The van der Waals surface area contributed by atoms with Crippen LogP contribution in [0.25, 0.3) is 43.8 Å². The first-order chi connectivity index (χ1) is 19.5. The number of fused-ring (bicyclic) bond motifs is 2. The van der Waals surface area contributed by atoms with Gasteiger partial charge in [0.05, 0.1) is 0 Å². The van der Waals surface area contributed by atoms with Crippen LogP contribution in [0, 0.1) is 21.8 Å². The fourth-order valence-electron chi connectivity index (χ4n) is 5.34. The molecular formula is C41H46SiZr-4. The van der Waals surface area contributed by atoms with Gasteiger partial charge in [0.25, 0.3) is 0 Å². The summed E-state index contributed by atoms with van der Waals surface area (Å²) in [5, 5.41) is 5.34. The molecule has 0 amide bonds. The molecule has 0 fully saturated rings. The Morgan fingerprint density at radius 2 is 1.05 bits per heavy atom. The molecule has 0 spiro atoms. The summed E-state index contributed by atoms with van der Waals surface area (Å²) in [5.41, 5.74) is 9.78. The molecule has 0 nitrogen and oxygen atoms in total. The van der Waals surface area contributed by atoms with E-state index < -0.39 is 0 Å². The van der Waals surface area contributed by atoms with Crippen LogP contribution in [-0.4, -0.2) is 6.88 Å². The summed E-state index contributed by atoms with van der Waals surface area (Å²) < 4.78 is 0. The van der Waals surface area contributed by atoms with Crippen LogP contribution in [0.4, 0.5) is 0 Å². The molecule has 2 radical (unpaired) electrons. The zero-order valence-corrected chi connectivity index (χ0v) is 30.9. The van der Waals surface area contributed by atoms with E-state index in [0.717, 1.165) is 0 Å². The Labute approximate surface area is 278 Å². The predicted molar refractivity (Wildman–Crippen MR) is 191 cm³/mol. The molecule has 0 aromatic heterocycles. The molecule has 0 saturated carbocycles. The molecule has 0 aliphatic rings. The molecule has 0 aliphatic heterocycles. The first-order valence-electron chi connectivity index (χ1n) is 14.3. The van der Waals surface area contributed by atoms with Crippen molar-refractivity contribution in [2.75, 3.05) is 0 Å². The summed E-state index contributed by atoms with van der Waals surface area (Å²) in [7, 11) is 0. The standard InChI is InChI=1S/C20H21.C19H19.2CH3.Si.Zr/c1-14-12-16-6-5-7-18(19(16)13-14)15-8-10-17(11-9-15)20(2,3)4;1-19(2,3)16-11-8-15(9-12-16)18-13-10-14-6-4-5-7-17(14)18;;;;/h5-13H,1-4H3;4-13H,1-3H3;2*1H3;;/q4*-1;;. The molecule has 6 aromatic carbocycles. The Morgan fingerprint density at radius 1 is 0.558 bits per heavy atom. The van der Waals surface area contributed by atoms with Crippen LogP contribution >= 0.6 is 0 Å². The van der Waals surface area contributed by atoms with Crippen molar-refractivity contribution < 1.29 is 23.3 Å². The average Bonchev–Trinajstić information content (AvgIpc) is 3.56. The zero-order chi connectivity index (χ0) is 29.8. The summed E-state index contributed by atoms with van der Waals surface area (Å²) >= 11 is 1.36. The van der Waals surface area contributed by atoms with Crippen LogP contribution in [-0.2, 0) is 34.2 Å². The molecule has 0 atom stereocenters. The molecule has 0 unspecified atom stereocenters. The average molecular weight is 658 g/mol. The third-order valence-electron chi connectivity index (χ3n) is 7.70. The fraction of sp³-hybridized carbons (Fsp3) is 0.220. The van der Waals surface area contributed by atoms with E-state index in [4.69, 9.17) is 0 Å². The van der Waals surface area contributed by atoms with E-state index >= 15 is 0 Å². The van der Waals surface area contributed by atoms with E-state index in [9.17, 15) is 0 Å². The van der Waals surface area contributed by atoms with Crippen LogP contribution in [0.2, 0.25) is 0 Å². The first kappa shape index (κ1) is 36.4. The van der Waals surface area contributed by atoms with Crippen LogP contribution < -0.4 is 0 Å². The Balaban J connectivity index is 0.000000272. The SMILES string of the molecule is CC(C)(C)c1ccc(-c2c[cH-]c3ccccc23)cc1.Cc1cc2c(-c3ccc(C(C)(C)C)cc3)cccc2[cH-]1.[CH3-].[CH3-].[Si]=[Zr]. The molecule has 2 heteroatoms. The Kier molecular flexibility index (Phi) is 12.9. The topological polar surface area (TPSA) is 0 Å². The summed E-state index contributed by atoms with van der Waals surface area (Å²) in [6.07, 6.45) is 0. The molecule has 0 bridgehead atoms. The fourth-order valence-corrected chi connectivity index (χ4v) is 5.34. The van der Waals surface area contributed by atoms with Crippen LogP contribution in [0.15, 0.2) is 115 Å². The normalized spacial score (nSPS) is 10.9. The zero-order valence-electron chi connectivity index (χ0n) is 27.5. The molecule has 43 heavy (non-hydrogen) atoms. The Hall–Kier alpha value is -2.80. The first-order valence-corrected chi connectivity index (χ1v) is 18.5. The minimum atomic E-state index is 0. The molecular weight excluding hydrogens is 612 g/mol. The van der Waals surface area contributed by atoms with Gasteiger partial charge in [-0.2, -0.15) is 6.07 Å². The van der Waals surface area contributed by atoms with Gasteiger partial charge in [-0.05, 0) is 27.5 Å². The maximum absolute atomic E-state index is 3.06. The molecule has 222 valence electrons. The van der Waals surface area contributed by atoms with E-state index in [1.54, 1.807) is 0 Å². The molecule has 6 rings (SSSR count). The van der Waals surface area contributed by atoms with Gasteiger partial charge in [-0.1, -0.05) is 120 Å². The van der Waals surface area contributed by atoms with Gasteiger partial charge in [-0.15, -0.1) is 81.2 Å². The van der Waals surface area contributed by atoms with Crippen LogP contribution in [0.1, 0.15) is 58.2 Å². The summed E-state index contributed by atoms with van der Waals surface area (Å²) in [6, 6.07) is 42.0. The van der Waals surface area contributed by atoms with E-state index in [1.807, 2.05) is 0 Å². The second-order valence-corrected chi connectivity index (χ2v) is 12.8. The van der Waals surface area contributed by atoms with Gasteiger partial charge in [0.2, 0.25) is 0 Å². The molecule has 0 aliphatic carbocycles. The van der Waals surface area contributed by atoms with Gasteiger partial charge < -0.3 is 14.9 Å². The van der Waals surface area contributed by atoms with Crippen molar-refractivity contribution in [1.29, 1.82) is 0 Å². The Bertz CT molecular complexity index is 1720. The van der Waals surface area contributed by atoms with Crippen LogP contribution in [0.3, 0.4) is 0 Å². The third kappa shape index (κ3) is 8.65. The number of hydrogen-bond acceptors (Lipinski definition) is 0. The van der Waals surface area contributed by atoms with Gasteiger partial charge in [0, 0.05) is 0 Å². The molecule has 0 heterocycles. The van der Waals surface area contributed by atoms with E-state index in [-0.39, 0.29) is 25.7 Å². The maximum atomic E-state index is 3.06. The van der Waals surface area contributed by atoms with Gasteiger partial charge in [-0.25, -0.2) is 0 Å². The van der Waals surface area contributed by atoms with Crippen molar-refractivity contribution in [3.63, 3.8) is 0 Å². The van der Waals surface area contributed by atoms with Gasteiger partial charge >= 0.3 is 30.2 Å². The van der Waals surface area contributed by atoms with Crippen molar-refractivity contribution in [3.05, 3.63) is 147 Å². The second-order valence-electron chi connectivity index (χ2n) is 12.8. The van der Waals surface area contributed by atoms with Crippen molar-refractivity contribution in [3.8, 4) is 22.3 Å². The predicted octanol–water partition coefficient (Wildman–Crippen LogP) is 11.9. The Morgan fingerprint density at radius 3 is 1.58 bits per heavy atom. The van der Waals surface area contributed by atoms with Crippen LogP contribution in [0.5, 0.6) is 0 Å². The monoisotopic (exact) mass is 656 g/mol. The molecule has 0 N–H and O–H groups in total. The van der Waals surface area contributed by atoms with Gasteiger partial charge in [-0.3, -0.25) is 0 Å². The molecule has 6 aromatic rings. The van der Waals surface area contributed by atoms with Crippen molar-refractivity contribution in [2.45, 2.75) is 59.3 Å².